The number of rotatable bonds is 6. The molecule has 1 unspecified atom stereocenters. The molecular weight excluding hydrogens is 210 g/mol. The van der Waals surface area contributed by atoms with Crippen molar-refractivity contribution in [3.05, 3.63) is 0 Å². The number of alkyl halides is 1. The molecule has 1 N–H and O–H groups in total. The summed E-state index contributed by atoms with van der Waals surface area (Å²) in [6, 6.07) is 0.481. The molecule has 1 heterocycles. The molecule has 0 radical (unpaired) electrons. The van der Waals surface area contributed by atoms with E-state index in [1.165, 1.54) is 19.3 Å². The molecule has 0 saturated carbocycles. The Labute approximate surface area is 98.7 Å². The zero-order valence-electron chi connectivity index (χ0n) is 9.97. The van der Waals surface area contributed by atoms with Crippen LogP contribution in [0.3, 0.4) is 0 Å². The third-order valence-corrected chi connectivity index (χ3v) is 3.35. The van der Waals surface area contributed by atoms with Gasteiger partial charge in [-0.15, -0.1) is 11.6 Å². The normalized spacial score (nSPS) is 20.8. The predicted octanol–water partition coefficient (Wildman–Crippen LogP) is 2.66. The van der Waals surface area contributed by atoms with Crippen molar-refractivity contribution < 1.29 is 4.74 Å². The Balaban J connectivity index is 2.14. The van der Waals surface area contributed by atoms with Crippen molar-refractivity contribution in [2.24, 2.45) is 11.8 Å². The van der Waals surface area contributed by atoms with Gasteiger partial charge in [0.05, 0.1) is 0 Å². The van der Waals surface area contributed by atoms with Crippen LogP contribution in [-0.2, 0) is 4.74 Å². The van der Waals surface area contributed by atoms with E-state index in [-0.39, 0.29) is 0 Å². The zero-order valence-corrected chi connectivity index (χ0v) is 10.7. The molecule has 1 aliphatic rings. The van der Waals surface area contributed by atoms with Crippen molar-refractivity contribution in [1.29, 1.82) is 0 Å². The topological polar surface area (TPSA) is 21.3 Å². The summed E-state index contributed by atoms with van der Waals surface area (Å²) in [5, 5.41) is 3.58. The molecule has 0 spiro atoms. The molecule has 1 saturated heterocycles. The van der Waals surface area contributed by atoms with Crippen molar-refractivity contribution in [3.8, 4) is 0 Å². The van der Waals surface area contributed by atoms with Gasteiger partial charge in [0.2, 0.25) is 0 Å². The Hall–Kier alpha value is 0.210. The average molecular weight is 234 g/mol. The third kappa shape index (κ3) is 5.74. The maximum Gasteiger partial charge on any atom is 0.0469 e. The average Bonchev–Trinajstić information content (AvgIpc) is 2.25. The highest BCUT2D eigenvalue weighted by Gasteiger charge is 2.16. The maximum atomic E-state index is 5.94. The minimum Gasteiger partial charge on any atom is -0.381 e. The van der Waals surface area contributed by atoms with Crippen LogP contribution in [0.1, 0.15) is 33.1 Å². The molecule has 1 atom stereocenters. The summed E-state index contributed by atoms with van der Waals surface area (Å²) in [6.07, 6.45) is 3.57. The first-order valence-electron chi connectivity index (χ1n) is 6.09. The van der Waals surface area contributed by atoms with Gasteiger partial charge < -0.3 is 10.1 Å². The van der Waals surface area contributed by atoms with Crippen LogP contribution in [0.2, 0.25) is 0 Å². The molecule has 3 heteroatoms. The Morgan fingerprint density at radius 1 is 1.33 bits per heavy atom. The minimum absolute atomic E-state index is 0.481. The first kappa shape index (κ1) is 13.3. The number of hydrogen-bond acceptors (Lipinski definition) is 2. The van der Waals surface area contributed by atoms with E-state index in [2.05, 4.69) is 19.2 Å². The number of halogens is 1. The second-order valence-electron chi connectivity index (χ2n) is 4.94. The van der Waals surface area contributed by atoms with Crippen LogP contribution >= 0.6 is 11.6 Å². The Kier molecular flexibility index (Phi) is 6.62. The number of nitrogens with one attached hydrogen (secondary N) is 1. The fraction of sp³-hybridized carbons (Fsp3) is 1.00. The molecule has 0 aromatic rings. The van der Waals surface area contributed by atoms with Gasteiger partial charge in [0.1, 0.15) is 0 Å². The smallest absolute Gasteiger partial charge is 0.0469 e. The highest BCUT2D eigenvalue weighted by Crippen LogP contribution is 2.14. The number of ether oxygens (including phenoxy) is 1. The lowest BCUT2D eigenvalue weighted by Crippen LogP contribution is -2.37. The summed E-state index contributed by atoms with van der Waals surface area (Å²) in [5.74, 6) is 2.23. The van der Waals surface area contributed by atoms with E-state index in [1.807, 2.05) is 0 Å². The van der Waals surface area contributed by atoms with E-state index in [0.29, 0.717) is 6.04 Å². The summed E-state index contributed by atoms with van der Waals surface area (Å²) in [5.41, 5.74) is 0. The van der Waals surface area contributed by atoms with Gasteiger partial charge in [-0.25, -0.2) is 0 Å². The van der Waals surface area contributed by atoms with Crippen LogP contribution in [-0.4, -0.2) is 31.7 Å². The summed E-state index contributed by atoms with van der Waals surface area (Å²) >= 11 is 5.94. The zero-order chi connectivity index (χ0) is 11.1. The van der Waals surface area contributed by atoms with E-state index in [1.54, 1.807) is 0 Å². The highest BCUT2D eigenvalue weighted by atomic mass is 35.5. The van der Waals surface area contributed by atoms with Gasteiger partial charge in [0.25, 0.3) is 0 Å². The molecule has 1 rings (SSSR count). The van der Waals surface area contributed by atoms with Gasteiger partial charge in [-0.2, -0.15) is 0 Å². The fourth-order valence-electron chi connectivity index (χ4n) is 2.05. The molecule has 0 aromatic heterocycles. The first-order chi connectivity index (χ1) is 7.22. The molecule has 1 aliphatic heterocycles. The highest BCUT2D eigenvalue weighted by molar-refractivity contribution is 6.18. The molecule has 15 heavy (non-hydrogen) atoms. The third-order valence-electron chi connectivity index (χ3n) is 2.98. The lowest BCUT2D eigenvalue weighted by Gasteiger charge is -2.25. The summed E-state index contributed by atoms with van der Waals surface area (Å²) in [4.78, 5) is 0. The van der Waals surface area contributed by atoms with Crippen LogP contribution in [0.4, 0.5) is 0 Å². The summed E-state index contributed by atoms with van der Waals surface area (Å²) in [7, 11) is 0. The van der Waals surface area contributed by atoms with E-state index in [0.717, 1.165) is 37.5 Å². The van der Waals surface area contributed by atoms with Crippen LogP contribution in [0, 0.1) is 11.8 Å². The van der Waals surface area contributed by atoms with Gasteiger partial charge in [0.15, 0.2) is 0 Å². The van der Waals surface area contributed by atoms with Crippen molar-refractivity contribution in [1.82, 2.24) is 5.32 Å². The Morgan fingerprint density at radius 2 is 2.00 bits per heavy atom. The largest absolute Gasteiger partial charge is 0.381 e. The van der Waals surface area contributed by atoms with Crippen molar-refractivity contribution in [3.63, 3.8) is 0 Å². The quantitative estimate of drug-likeness (QED) is 0.713. The monoisotopic (exact) mass is 233 g/mol. The minimum atomic E-state index is 0.481. The molecule has 0 bridgehead atoms. The van der Waals surface area contributed by atoms with E-state index >= 15 is 0 Å². The van der Waals surface area contributed by atoms with Crippen LogP contribution in [0.25, 0.3) is 0 Å². The SMILES string of the molecule is CC(C)CC(CCl)NCC1CCOCC1. The lowest BCUT2D eigenvalue weighted by atomic mass is 9.99. The van der Waals surface area contributed by atoms with Crippen molar-refractivity contribution >= 4 is 11.6 Å². The Bertz CT molecular complexity index is 158. The van der Waals surface area contributed by atoms with E-state index < -0.39 is 0 Å². The molecule has 0 aliphatic carbocycles. The molecular formula is C12H24ClNO. The second-order valence-corrected chi connectivity index (χ2v) is 5.25. The summed E-state index contributed by atoms with van der Waals surface area (Å²) < 4.78 is 5.34. The lowest BCUT2D eigenvalue weighted by molar-refractivity contribution is 0.0654. The Morgan fingerprint density at radius 3 is 2.53 bits per heavy atom. The van der Waals surface area contributed by atoms with Crippen LogP contribution in [0.15, 0.2) is 0 Å². The van der Waals surface area contributed by atoms with Gasteiger partial charge in [-0.05, 0) is 37.6 Å². The van der Waals surface area contributed by atoms with Crippen molar-refractivity contribution in [2.45, 2.75) is 39.2 Å². The molecule has 90 valence electrons. The van der Waals surface area contributed by atoms with E-state index in [4.69, 9.17) is 16.3 Å². The van der Waals surface area contributed by atoms with Gasteiger partial charge in [0, 0.05) is 25.1 Å². The maximum absolute atomic E-state index is 5.94. The van der Waals surface area contributed by atoms with Gasteiger partial charge >= 0.3 is 0 Å². The summed E-state index contributed by atoms with van der Waals surface area (Å²) in [6.45, 7) is 7.46. The molecule has 0 aromatic carbocycles. The molecule has 2 nitrogen and oxygen atoms in total. The van der Waals surface area contributed by atoms with Gasteiger partial charge in [-0.3, -0.25) is 0 Å². The predicted molar refractivity (Wildman–Crippen MR) is 65.5 cm³/mol. The van der Waals surface area contributed by atoms with Crippen LogP contribution < -0.4 is 5.32 Å². The van der Waals surface area contributed by atoms with E-state index in [9.17, 15) is 0 Å². The number of hydrogen-bond donors (Lipinski definition) is 1. The van der Waals surface area contributed by atoms with Gasteiger partial charge in [-0.1, -0.05) is 13.8 Å². The first-order valence-corrected chi connectivity index (χ1v) is 6.63. The van der Waals surface area contributed by atoms with Crippen molar-refractivity contribution in [2.75, 3.05) is 25.6 Å². The molecule has 0 amide bonds. The second kappa shape index (κ2) is 7.48. The fourth-order valence-corrected chi connectivity index (χ4v) is 2.29. The molecule has 1 fully saturated rings. The van der Waals surface area contributed by atoms with Crippen LogP contribution in [0.5, 0.6) is 0 Å². The standard InChI is InChI=1S/C12H24ClNO/c1-10(2)7-12(8-13)14-9-11-3-5-15-6-4-11/h10-12,14H,3-9H2,1-2H3.